The lowest BCUT2D eigenvalue weighted by atomic mass is 10.1. The van der Waals surface area contributed by atoms with Crippen LogP contribution in [0.2, 0.25) is 0 Å². The number of ether oxygens (including phenoxy) is 1. The van der Waals surface area contributed by atoms with Gasteiger partial charge in [0.05, 0.1) is 12.3 Å². The topological polar surface area (TPSA) is 35.0 Å². The number of para-hydroxylation sites is 1. The predicted octanol–water partition coefficient (Wildman–Crippen LogP) is 7.79. The summed E-state index contributed by atoms with van der Waals surface area (Å²) in [6.07, 6.45) is 18.3. The zero-order valence-corrected chi connectivity index (χ0v) is 18.7. The molecule has 2 rings (SSSR count). The van der Waals surface area contributed by atoms with E-state index < -0.39 is 0 Å². The third-order valence-electron chi connectivity index (χ3n) is 5.38. The van der Waals surface area contributed by atoms with Crippen LogP contribution in [0.3, 0.4) is 0 Å². The van der Waals surface area contributed by atoms with Crippen LogP contribution in [0, 0.1) is 0 Å². The Hall–Kier alpha value is -1.90. The smallest absolute Gasteiger partial charge is 0.128 e. The van der Waals surface area contributed by atoms with Gasteiger partial charge in [-0.1, -0.05) is 90.2 Å². The van der Waals surface area contributed by atoms with Crippen LogP contribution < -0.4 is 4.74 Å². The molecule has 0 N–H and O–H groups in total. The van der Waals surface area contributed by atoms with E-state index in [1.54, 1.807) is 0 Å². The van der Waals surface area contributed by atoms with Crippen LogP contribution in [0.25, 0.3) is 11.3 Å². The van der Waals surface area contributed by atoms with E-state index in [1.165, 1.54) is 70.6 Å². The van der Waals surface area contributed by atoms with Gasteiger partial charge in [-0.15, -0.1) is 0 Å². The zero-order chi connectivity index (χ0) is 20.6. The predicted molar refractivity (Wildman–Crippen MR) is 123 cm³/mol. The summed E-state index contributed by atoms with van der Waals surface area (Å²) >= 11 is 0. The summed E-state index contributed by atoms with van der Waals surface area (Å²) < 4.78 is 6.12. The number of benzene rings is 1. The number of rotatable bonds is 16. The first kappa shape index (κ1) is 23.4. The fourth-order valence-electron chi connectivity index (χ4n) is 3.60. The van der Waals surface area contributed by atoms with Crippen molar-refractivity contribution in [3.63, 3.8) is 0 Å². The summed E-state index contributed by atoms with van der Waals surface area (Å²) in [4.78, 5) is 9.29. The second kappa shape index (κ2) is 15.0. The summed E-state index contributed by atoms with van der Waals surface area (Å²) in [6.45, 7) is 5.29. The van der Waals surface area contributed by atoms with Crippen LogP contribution in [0.4, 0.5) is 0 Å². The Bertz CT molecular complexity index is 671. The van der Waals surface area contributed by atoms with Crippen molar-refractivity contribution in [2.45, 2.75) is 97.3 Å². The maximum Gasteiger partial charge on any atom is 0.128 e. The van der Waals surface area contributed by atoms with Crippen molar-refractivity contribution in [3.8, 4) is 17.0 Å². The second-order valence-electron chi connectivity index (χ2n) is 7.99. The lowest BCUT2D eigenvalue weighted by Crippen LogP contribution is -2.01. The molecule has 3 heteroatoms. The Morgan fingerprint density at radius 1 is 0.724 bits per heavy atom. The number of aryl methyl sites for hydroxylation is 1. The molecule has 0 saturated heterocycles. The lowest BCUT2D eigenvalue weighted by molar-refractivity contribution is 0.305. The third kappa shape index (κ3) is 9.43. The van der Waals surface area contributed by atoms with Gasteiger partial charge in [0.2, 0.25) is 0 Å². The summed E-state index contributed by atoms with van der Waals surface area (Å²) in [5, 5.41) is 0. The normalized spacial score (nSPS) is 11.0. The average Bonchev–Trinajstić information content (AvgIpc) is 2.76. The summed E-state index contributed by atoms with van der Waals surface area (Å²) in [6, 6.07) is 10.3. The number of hydrogen-bond acceptors (Lipinski definition) is 3. The molecule has 0 aliphatic heterocycles. The first-order valence-corrected chi connectivity index (χ1v) is 11.9. The van der Waals surface area contributed by atoms with Crippen molar-refractivity contribution in [2.75, 3.05) is 6.61 Å². The van der Waals surface area contributed by atoms with Crippen molar-refractivity contribution < 1.29 is 4.74 Å². The second-order valence-corrected chi connectivity index (χ2v) is 7.99. The van der Waals surface area contributed by atoms with E-state index in [-0.39, 0.29) is 0 Å². The zero-order valence-electron chi connectivity index (χ0n) is 18.7. The van der Waals surface area contributed by atoms with Gasteiger partial charge in [0, 0.05) is 18.2 Å². The molecule has 0 saturated carbocycles. The van der Waals surface area contributed by atoms with E-state index in [0.717, 1.165) is 42.3 Å². The molecular weight excluding hydrogens is 356 g/mol. The van der Waals surface area contributed by atoms with Crippen LogP contribution in [0.15, 0.2) is 36.5 Å². The van der Waals surface area contributed by atoms with Gasteiger partial charge >= 0.3 is 0 Å². The molecule has 0 fully saturated rings. The highest BCUT2D eigenvalue weighted by Gasteiger charge is 2.08. The molecule has 0 unspecified atom stereocenters. The maximum atomic E-state index is 6.12. The van der Waals surface area contributed by atoms with Crippen molar-refractivity contribution in [2.24, 2.45) is 0 Å². The molecular formula is C26H40N2O. The third-order valence-corrected chi connectivity index (χ3v) is 5.38. The fraction of sp³-hybridized carbons (Fsp3) is 0.615. The van der Waals surface area contributed by atoms with E-state index in [4.69, 9.17) is 9.72 Å². The lowest BCUT2D eigenvalue weighted by Gasteiger charge is -2.12. The first-order chi connectivity index (χ1) is 14.3. The molecule has 0 amide bonds. The van der Waals surface area contributed by atoms with E-state index in [1.807, 2.05) is 18.3 Å². The quantitative estimate of drug-likeness (QED) is 0.272. The summed E-state index contributed by atoms with van der Waals surface area (Å²) in [5.41, 5.74) is 2.05. The van der Waals surface area contributed by atoms with Crippen molar-refractivity contribution in [1.82, 2.24) is 9.97 Å². The summed E-state index contributed by atoms with van der Waals surface area (Å²) in [7, 11) is 0. The molecule has 0 aliphatic rings. The number of aromatic nitrogens is 2. The van der Waals surface area contributed by atoms with E-state index in [9.17, 15) is 0 Å². The van der Waals surface area contributed by atoms with Gasteiger partial charge in [0.15, 0.2) is 0 Å². The van der Waals surface area contributed by atoms with E-state index in [0.29, 0.717) is 0 Å². The molecule has 0 atom stereocenters. The average molecular weight is 397 g/mol. The summed E-state index contributed by atoms with van der Waals surface area (Å²) in [5.74, 6) is 1.88. The first-order valence-electron chi connectivity index (χ1n) is 11.9. The van der Waals surface area contributed by atoms with Gasteiger partial charge in [-0.3, -0.25) is 0 Å². The van der Waals surface area contributed by atoms with Crippen LogP contribution in [-0.2, 0) is 6.42 Å². The molecule has 1 aromatic heterocycles. The van der Waals surface area contributed by atoms with Gasteiger partial charge in [-0.25, -0.2) is 9.97 Å². The largest absolute Gasteiger partial charge is 0.493 e. The van der Waals surface area contributed by atoms with Crippen molar-refractivity contribution in [1.29, 1.82) is 0 Å². The fourth-order valence-corrected chi connectivity index (χ4v) is 3.60. The van der Waals surface area contributed by atoms with Gasteiger partial charge < -0.3 is 4.74 Å². The molecule has 1 heterocycles. The molecule has 29 heavy (non-hydrogen) atoms. The van der Waals surface area contributed by atoms with Crippen molar-refractivity contribution >= 4 is 0 Å². The van der Waals surface area contributed by atoms with Gasteiger partial charge in [0.1, 0.15) is 11.6 Å². The number of unbranched alkanes of at least 4 members (excludes halogenated alkanes) is 10. The van der Waals surface area contributed by atoms with Gasteiger partial charge in [0.25, 0.3) is 0 Å². The van der Waals surface area contributed by atoms with Crippen LogP contribution in [0.1, 0.15) is 96.7 Å². The Kier molecular flexibility index (Phi) is 12.1. The molecule has 0 bridgehead atoms. The highest BCUT2D eigenvalue weighted by atomic mass is 16.5. The minimum Gasteiger partial charge on any atom is -0.493 e. The molecule has 160 valence electrons. The molecule has 1 aromatic carbocycles. The minimum absolute atomic E-state index is 0.778. The Morgan fingerprint density at radius 3 is 2.14 bits per heavy atom. The molecule has 0 aliphatic carbocycles. The Morgan fingerprint density at radius 2 is 1.38 bits per heavy atom. The van der Waals surface area contributed by atoms with Crippen LogP contribution >= 0.6 is 0 Å². The number of hydrogen-bond donors (Lipinski definition) is 0. The monoisotopic (exact) mass is 396 g/mol. The molecule has 3 nitrogen and oxygen atoms in total. The van der Waals surface area contributed by atoms with E-state index >= 15 is 0 Å². The number of nitrogens with zero attached hydrogens (tertiary/aromatic N) is 2. The minimum atomic E-state index is 0.778. The van der Waals surface area contributed by atoms with E-state index in [2.05, 4.69) is 37.0 Å². The molecule has 0 spiro atoms. The van der Waals surface area contributed by atoms with Crippen molar-refractivity contribution in [3.05, 3.63) is 42.4 Å². The van der Waals surface area contributed by atoms with Crippen LogP contribution in [0.5, 0.6) is 5.75 Å². The van der Waals surface area contributed by atoms with Gasteiger partial charge in [-0.05, 0) is 31.0 Å². The standard InChI is InChI=1S/C26H40N2O/c1-3-5-7-9-10-12-16-22-29-25-18-15-14-17-23(25)24-20-21-27-26(28-24)19-13-11-8-6-4-2/h14-15,17-18,20-21H,3-13,16,19,22H2,1-2H3. The Balaban J connectivity index is 1.83. The highest BCUT2D eigenvalue weighted by Crippen LogP contribution is 2.28. The van der Waals surface area contributed by atoms with Gasteiger partial charge in [-0.2, -0.15) is 0 Å². The molecule has 2 aromatic rings. The SMILES string of the molecule is CCCCCCCCCOc1ccccc1-c1ccnc(CCCCCCC)n1. The maximum absolute atomic E-state index is 6.12. The highest BCUT2D eigenvalue weighted by molar-refractivity contribution is 5.66. The molecule has 0 radical (unpaired) electrons. The Labute approximate surface area is 178 Å². The van der Waals surface area contributed by atoms with Crippen LogP contribution in [-0.4, -0.2) is 16.6 Å².